The average molecular weight is 241 g/mol. The highest BCUT2D eigenvalue weighted by Crippen LogP contribution is 2.29. The molecule has 1 rings (SSSR count). The standard InChI is InChI=1S/C13H23NO3/c1-9-5-3-6-11(10(9)2)14-12(15)7-4-8-13(16)17/h9-11H,3-8H2,1-2H3,(H,14,15)(H,16,17)/t9-,10-,11+/m1/s1. The fourth-order valence-electron chi connectivity index (χ4n) is 2.46. The lowest BCUT2D eigenvalue weighted by molar-refractivity contribution is -0.137. The zero-order valence-electron chi connectivity index (χ0n) is 10.7. The summed E-state index contributed by atoms with van der Waals surface area (Å²) in [5, 5.41) is 11.5. The third-order valence-electron chi connectivity index (χ3n) is 3.85. The maximum Gasteiger partial charge on any atom is 0.303 e. The molecule has 0 spiro atoms. The Hall–Kier alpha value is -1.06. The molecule has 0 bridgehead atoms. The molecule has 2 N–H and O–H groups in total. The van der Waals surface area contributed by atoms with Gasteiger partial charge in [-0.05, 0) is 24.7 Å². The molecular formula is C13H23NO3. The van der Waals surface area contributed by atoms with Crippen molar-refractivity contribution in [3.63, 3.8) is 0 Å². The van der Waals surface area contributed by atoms with Gasteiger partial charge in [0.1, 0.15) is 0 Å². The summed E-state index contributed by atoms with van der Waals surface area (Å²) in [5.41, 5.74) is 0. The van der Waals surface area contributed by atoms with Crippen molar-refractivity contribution in [3.05, 3.63) is 0 Å². The summed E-state index contributed by atoms with van der Waals surface area (Å²) in [5.74, 6) is 0.343. The van der Waals surface area contributed by atoms with Crippen LogP contribution in [0, 0.1) is 11.8 Å². The lowest BCUT2D eigenvalue weighted by Crippen LogP contribution is -2.43. The quantitative estimate of drug-likeness (QED) is 0.775. The van der Waals surface area contributed by atoms with Gasteiger partial charge in [0.2, 0.25) is 5.91 Å². The third-order valence-corrected chi connectivity index (χ3v) is 3.85. The van der Waals surface area contributed by atoms with E-state index >= 15 is 0 Å². The Morgan fingerprint density at radius 1 is 1.24 bits per heavy atom. The zero-order chi connectivity index (χ0) is 12.8. The van der Waals surface area contributed by atoms with Crippen molar-refractivity contribution in [2.45, 2.75) is 58.4 Å². The predicted molar refractivity (Wildman–Crippen MR) is 65.6 cm³/mol. The van der Waals surface area contributed by atoms with E-state index in [0.29, 0.717) is 24.7 Å². The molecule has 0 radical (unpaired) electrons. The summed E-state index contributed by atoms with van der Waals surface area (Å²) in [4.78, 5) is 22.0. The Bertz CT molecular complexity index is 278. The third kappa shape index (κ3) is 4.75. The van der Waals surface area contributed by atoms with Gasteiger partial charge in [-0.15, -0.1) is 0 Å². The first-order valence-electron chi connectivity index (χ1n) is 6.52. The van der Waals surface area contributed by atoms with Crippen LogP contribution in [0.2, 0.25) is 0 Å². The van der Waals surface area contributed by atoms with Crippen molar-refractivity contribution in [3.8, 4) is 0 Å². The van der Waals surface area contributed by atoms with E-state index in [0.717, 1.165) is 6.42 Å². The van der Waals surface area contributed by atoms with Crippen LogP contribution in [-0.4, -0.2) is 23.0 Å². The molecule has 0 aromatic rings. The Kier molecular flexibility index (Phi) is 5.45. The van der Waals surface area contributed by atoms with Crippen LogP contribution in [0.1, 0.15) is 52.4 Å². The van der Waals surface area contributed by atoms with Gasteiger partial charge >= 0.3 is 5.97 Å². The second kappa shape index (κ2) is 6.62. The van der Waals surface area contributed by atoms with Crippen molar-refractivity contribution < 1.29 is 14.7 Å². The lowest BCUT2D eigenvalue weighted by atomic mass is 9.78. The highest BCUT2D eigenvalue weighted by Gasteiger charge is 2.27. The van der Waals surface area contributed by atoms with Gasteiger partial charge in [-0.25, -0.2) is 0 Å². The molecule has 3 atom stereocenters. The molecule has 1 amide bonds. The number of hydrogen-bond donors (Lipinski definition) is 2. The van der Waals surface area contributed by atoms with Gasteiger partial charge in [0, 0.05) is 18.9 Å². The van der Waals surface area contributed by atoms with Crippen LogP contribution < -0.4 is 5.32 Å². The molecular weight excluding hydrogens is 218 g/mol. The minimum atomic E-state index is -0.836. The molecule has 1 saturated carbocycles. The van der Waals surface area contributed by atoms with Gasteiger partial charge in [-0.1, -0.05) is 26.7 Å². The van der Waals surface area contributed by atoms with Gasteiger partial charge in [0.25, 0.3) is 0 Å². The normalized spacial score (nSPS) is 28.7. The van der Waals surface area contributed by atoms with Gasteiger partial charge in [-0.2, -0.15) is 0 Å². The molecule has 0 aliphatic heterocycles. The van der Waals surface area contributed by atoms with E-state index in [2.05, 4.69) is 19.2 Å². The summed E-state index contributed by atoms with van der Waals surface area (Å²) < 4.78 is 0. The van der Waals surface area contributed by atoms with Crippen molar-refractivity contribution in [2.24, 2.45) is 11.8 Å². The van der Waals surface area contributed by atoms with E-state index in [1.54, 1.807) is 0 Å². The molecule has 0 unspecified atom stereocenters. The smallest absolute Gasteiger partial charge is 0.303 e. The Morgan fingerprint density at radius 2 is 1.94 bits per heavy atom. The number of amides is 1. The summed E-state index contributed by atoms with van der Waals surface area (Å²) in [6.07, 6.45) is 4.29. The molecule has 98 valence electrons. The Labute approximate surface area is 103 Å². The van der Waals surface area contributed by atoms with Crippen LogP contribution in [0.5, 0.6) is 0 Å². The SMILES string of the molecule is C[C@@H]1[C@H](C)CCC[C@@H]1NC(=O)CCCC(=O)O. The fourth-order valence-corrected chi connectivity index (χ4v) is 2.46. The summed E-state index contributed by atoms with van der Waals surface area (Å²) >= 11 is 0. The van der Waals surface area contributed by atoms with E-state index in [1.165, 1.54) is 12.8 Å². The number of hydrogen-bond acceptors (Lipinski definition) is 2. The first kappa shape index (κ1) is 14.0. The minimum absolute atomic E-state index is 0.00259. The van der Waals surface area contributed by atoms with Crippen molar-refractivity contribution >= 4 is 11.9 Å². The first-order chi connectivity index (χ1) is 8.00. The van der Waals surface area contributed by atoms with Gasteiger partial charge < -0.3 is 10.4 Å². The topological polar surface area (TPSA) is 66.4 Å². The summed E-state index contributed by atoms with van der Waals surface area (Å²) in [6, 6.07) is 0.274. The number of rotatable bonds is 5. The lowest BCUT2D eigenvalue weighted by Gasteiger charge is -2.34. The Morgan fingerprint density at radius 3 is 2.59 bits per heavy atom. The molecule has 1 aliphatic rings. The van der Waals surface area contributed by atoms with Crippen LogP contribution in [-0.2, 0) is 9.59 Å². The maximum atomic E-state index is 11.6. The number of carbonyl (C=O) groups is 2. The first-order valence-corrected chi connectivity index (χ1v) is 6.52. The fraction of sp³-hybridized carbons (Fsp3) is 0.846. The van der Waals surface area contributed by atoms with E-state index < -0.39 is 5.97 Å². The molecule has 1 fully saturated rings. The number of carbonyl (C=O) groups excluding carboxylic acids is 1. The second-order valence-electron chi connectivity index (χ2n) is 5.19. The molecule has 17 heavy (non-hydrogen) atoms. The van der Waals surface area contributed by atoms with Crippen LogP contribution in [0.15, 0.2) is 0 Å². The molecule has 0 aromatic heterocycles. The summed E-state index contributed by atoms with van der Waals surface area (Å²) in [6.45, 7) is 4.42. The molecule has 0 saturated heterocycles. The highest BCUT2D eigenvalue weighted by molar-refractivity contribution is 5.77. The summed E-state index contributed by atoms with van der Waals surface area (Å²) in [7, 11) is 0. The molecule has 4 heteroatoms. The van der Waals surface area contributed by atoms with Crippen LogP contribution >= 0.6 is 0 Å². The molecule has 1 aliphatic carbocycles. The average Bonchev–Trinajstić information content (AvgIpc) is 2.24. The largest absolute Gasteiger partial charge is 0.481 e. The van der Waals surface area contributed by atoms with Crippen LogP contribution in [0.25, 0.3) is 0 Å². The maximum absolute atomic E-state index is 11.6. The molecule has 0 aromatic carbocycles. The number of aliphatic carboxylic acids is 1. The zero-order valence-corrected chi connectivity index (χ0v) is 10.7. The van der Waals surface area contributed by atoms with Gasteiger partial charge in [0.05, 0.1) is 0 Å². The van der Waals surface area contributed by atoms with Crippen LogP contribution in [0.4, 0.5) is 0 Å². The van der Waals surface area contributed by atoms with Crippen LogP contribution in [0.3, 0.4) is 0 Å². The molecule has 4 nitrogen and oxygen atoms in total. The van der Waals surface area contributed by atoms with E-state index in [1.807, 2.05) is 0 Å². The van der Waals surface area contributed by atoms with Gasteiger partial charge in [-0.3, -0.25) is 9.59 Å². The minimum Gasteiger partial charge on any atom is -0.481 e. The van der Waals surface area contributed by atoms with Gasteiger partial charge in [0.15, 0.2) is 0 Å². The Balaban J connectivity index is 2.27. The van der Waals surface area contributed by atoms with E-state index in [-0.39, 0.29) is 18.4 Å². The molecule has 0 heterocycles. The van der Waals surface area contributed by atoms with Crippen molar-refractivity contribution in [1.82, 2.24) is 5.32 Å². The predicted octanol–water partition coefficient (Wildman–Crippen LogP) is 2.18. The highest BCUT2D eigenvalue weighted by atomic mass is 16.4. The number of carboxylic acid groups (broad SMARTS) is 1. The van der Waals surface area contributed by atoms with E-state index in [4.69, 9.17) is 5.11 Å². The van der Waals surface area contributed by atoms with Crippen molar-refractivity contribution in [1.29, 1.82) is 0 Å². The second-order valence-corrected chi connectivity index (χ2v) is 5.19. The number of nitrogens with one attached hydrogen (secondary N) is 1. The monoisotopic (exact) mass is 241 g/mol. The van der Waals surface area contributed by atoms with E-state index in [9.17, 15) is 9.59 Å². The number of carboxylic acids is 1. The van der Waals surface area contributed by atoms with Crippen molar-refractivity contribution in [2.75, 3.05) is 0 Å².